The number of carboxylic acids is 1. The second-order valence-electron chi connectivity index (χ2n) is 5.10. The number of ether oxygens (including phenoxy) is 1. The Balaban J connectivity index is 2.16. The second-order valence-corrected chi connectivity index (χ2v) is 5.10. The summed E-state index contributed by atoms with van der Waals surface area (Å²) in [5.74, 6) is -1.02. The average Bonchev–Trinajstić information content (AvgIpc) is 2.97. The van der Waals surface area contributed by atoms with Crippen LogP contribution in [0.2, 0.25) is 0 Å². The lowest BCUT2D eigenvalue weighted by molar-refractivity contribution is 0.0696. The van der Waals surface area contributed by atoms with Crippen molar-refractivity contribution in [1.82, 2.24) is 5.32 Å². The van der Waals surface area contributed by atoms with Crippen molar-refractivity contribution in [2.24, 2.45) is 0 Å². The van der Waals surface area contributed by atoms with Gasteiger partial charge in [-0.1, -0.05) is 30.3 Å². The zero-order chi connectivity index (χ0) is 15.7. The zero-order valence-corrected chi connectivity index (χ0v) is 12.0. The van der Waals surface area contributed by atoms with E-state index in [-0.39, 0.29) is 23.0 Å². The van der Waals surface area contributed by atoms with Gasteiger partial charge in [0.15, 0.2) is 0 Å². The van der Waals surface area contributed by atoms with Gasteiger partial charge in [-0.25, -0.2) is 4.79 Å². The molecule has 2 aromatic carbocycles. The minimum atomic E-state index is -1.06. The first kappa shape index (κ1) is 14.1. The number of amides is 1. The summed E-state index contributed by atoms with van der Waals surface area (Å²) in [6, 6.07) is 12.7. The van der Waals surface area contributed by atoms with E-state index in [1.807, 2.05) is 30.3 Å². The highest BCUT2D eigenvalue weighted by molar-refractivity contribution is 6.00. The molecule has 0 bridgehead atoms. The van der Waals surface area contributed by atoms with E-state index >= 15 is 0 Å². The molecule has 0 aromatic heterocycles. The van der Waals surface area contributed by atoms with Crippen molar-refractivity contribution in [2.75, 3.05) is 13.7 Å². The van der Waals surface area contributed by atoms with Crippen molar-refractivity contribution in [3.05, 3.63) is 64.7 Å². The number of nitrogens with one attached hydrogen (secondary N) is 1. The van der Waals surface area contributed by atoms with E-state index < -0.39 is 5.97 Å². The molecule has 2 N–H and O–H groups in total. The number of rotatable bonds is 3. The van der Waals surface area contributed by atoms with Crippen LogP contribution in [0.1, 0.15) is 37.8 Å². The molecule has 0 radical (unpaired) electrons. The van der Waals surface area contributed by atoms with Gasteiger partial charge in [0, 0.05) is 18.5 Å². The number of fused-ring (bicyclic) bond motifs is 1. The molecule has 1 heterocycles. The Morgan fingerprint density at radius 1 is 1.23 bits per heavy atom. The van der Waals surface area contributed by atoms with Crippen molar-refractivity contribution in [1.29, 1.82) is 0 Å². The minimum Gasteiger partial charge on any atom is -0.491 e. The molecular weight excluding hydrogens is 282 g/mol. The maximum absolute atomic E-state index is 12.0. The molecule has 3 rings (SSSR count). The van der Waals surface area contributed by atoms with Crippen LogP contribution in [-0.2, 0) is 0 Å². The van der Waals surface area contributed by atoms with E-state index in [1.165, 1.54) is 13.1 Å². The number of carbonyl (C=O) groups excluding carboxylic acids is 1. The molecule has 2 aromatic rings. The zero-order valence-electron chi connectivity index (χ0n) is 12.0. The maximum atomic E-state index is 12.0. The lowest BCUT2D eigenvalue weighted by Gasteiger charge is -2.11. The molecule has 0 saturated carbocycles. The number of hydrogen-bond acceptors (Lipinski definition) is 3. The van der Waals surface area contributed by atoms with Crippen LogP contribution in [-0.4, -0.2) is 30.6 Å². The summed E-state index contributed by atoms with van der Waals surface area (Å²) in [4.78, 5) is 23.3. The fourth-order valence-electron chi connectivity index (χ4n) is 2.72. The lowest BCUT2D eigenvalue weighted by atomic mass is 9.90. The Labute approximate surface area is 127 Å². The summed E-state index contributed by atoms with van der Waals surface area (Å²) in [5, 5.41) is 11.8. The first-order chi connectivity index (χ1) is 10.6. The fourth-order valence-corrected chi connectivity index (χ4v) is 2.72. The largest absolute Gasteiger partial charge is 0.491 e. The third-order valence-corrected chi connectivity index (χ3v) is 3.81. The molecule has 5 heteroatoms. The van der Waals surface area contributed by atoms with E-state index in [0.29, 0.717) is 12.4 Å². The molecule has 0 fully saturated rings. The number of hydrogen-bond donors (Lipinski definition) is 2. The van der Waals surface area contributed by atoms with E-state index in [9.17, 15) is 14.7 Å². The van der Waals surface area contributed by atoms with Gasteiger partial charge < -0.3 is 15.2 Å². The third kappa shape index (κ3) is 2.30. The van der Waals surface area contributed by atoms with E-state index in [4.69, 9.17) is 4.74 Å². The molecule has 0 unspecified atom stereocenters. The van der Waals surface area contributed by atoms with Crippen molar-refractivity contribution < 1.29 is 19.4 Å². The van der Waals surface area contributed by atoms with Crippen LogP contribution in [0.4, 0.5) is 0 Å². The maximum Gasteiger partial charge on any atom is 0.335 e. The van der Waals surface area contributed by atoms with Crippen LogP contribution in [0.3, 0.4) is 0 Å². The van der Waals surface area contributed by atoms with Gasteiger partial charge in [0.1, 0.15) is 5.75 Å². The molecule has 0 spiro atoms. The lowest BCUT2D eigenvalue weighted by Crippen LogP contribution is -2.19. The van der Waals surface area contributed by atoms with E-state index in [2.05, 4.69) is 5.32 Å². The van der Waals surface area contributed by atoms with Crippen LogP contribution in [0, 0.1) is 0 Å². The average molecular weight is 297 g/mol. The van der Waals surface area contributed by atoms with Crippen LogP contribution >= 0.6 is 0 Å². The van der Waals surface area contributed by atoms with E-state index in [0.717, 1.165) is 11.1 Å². The van der Waals surface area contributed by atoms with Crippen LogP contribution < -0.4 is 10.1 Å². The molecule has 0 aliphatic carbocycles. The summed E-state index contributed by atoms with van der Waals surface area (Å²) in [5.41, 5.74) is 2.12. The Hall–Kier alpha value is -2.82. The van der Waals surface area contributed by atoms with Crippen LogP contribution in [0.15, 0.2) is 42.5 Å². The molecule has 1 aliphatic heterocycles. The summed E-state index contributed by atoms with van der Waals surface area (Å²) in [7, 11) is 1.51. The standard InChI is InChI=1S/C17H15NO4/c1-18-16(19)13-8-11(17(20)21)7-12-14(9-22-15(12)13)10-5-3-2-4-6-10/h2-8,14H,9H2,1H3,(H,18,19)(H,20,21)/t14-/m0/s1. The molecule has 0 saturated heterocycles. The molecule has 22 heavy (non-hydrogen) atoms. The summed E-state index contributed by atoms with van der Waals surface area (Å²) >= 11 is 0. The smallest absolute Gasteiger partial charge is 0.335 e. The highest BCUT2D eigenvalue weighted by atomic mass is 16.5. The van der Waals surface area contributed by atoms with Gasteiger partial charge in [0.2, 0.25) is 0 Å². The van der Waals surface area contributed by atoms with Gasteiger partial charge in [-0.3, -0.25) is 4.79 Å². The number of carbonyl (C=O) groups is 2. The molecular formula is C17H15NO4. The van der Waals surface area contributed by atoms with Crippen LogP contribution in [0.5, 0.6) is 5.75 Å². The van der Waals surface area contributed by atoms with Gasteiger partial charge in [0.05, 0.1) is 17.7 Å². The summed E-state index contributed by atoms with van der Waals surface area (Å²) in [6.07, 6.45) is 0. The number of carboxylic acid groups (broad SMARTS) is 1. The molecule has 1 amide bonds. The molecule has 1 atom stereocenters. The SMILES string of the molecule is CNC(=O)c1cc(C(=O)O)cc2c1OC[C@H]2c1ccccc1. The normalized spacial score (nSPS) is 15.8. The van der Waals surface area contributed by atoms with E-state index in [1.54, 1.807) is 6.07 Å². The summed E-state index contributed by atoms with van der Waals surface area (Å²) < 4.78 is 5.70. The van der Waals surface area contributed by atoms with Crippen LogP contribution in [0.25, 0.3) is 0 Å². The second kappa shape index (κ2) is 5.52. The Kier molecular flexibility index (Phi) is 3.55. The Morgan fingerprint density at radius 2 is 1.95 bits per heavy atom. The molecule has 1 aliphatic rings. The fraction of sp³-hybridized carbons (Fsp3) is 0.176. The Morgan fingerprint density at radius 3 is 2.59 bits per heavy atom. The highest BCUT2D eigenvalue weighted by Gasteiger charge is 2.31. The predicted octanol–water partition coefficient (Wildman–Crippen LogP) is 2.27. The molecule has 112 valence electrons. The van der Waals surface area contributed by atoms with Crippen molar-refractivity contribution >= 4 is 11.9 Å². The van der Waals surface area contributed by atoms with Crippen molar-refractivity contribution in [3.63, 3.8) is 0 Å². The first-order valence-electron chi connectivity index (χ1n) is 6.93. The molecule has 5 nitrogen and oxygen atoms in total. The summed E-state index contributed by atoms with van der Waals surface area (Å²) in [6.45, 7) is 0.395. The van der Waals surface area contributed by atoms with Gasteiger partial charge in [-0.2, -0.15) is 0 Å². The Bertz CT molecular complexity index is 740. The van der Waals surface area contributed by atoms with Gasteiger partial charge in [-0.05, 0) is 17.7 Å². The monoisotopic (exact) mass is 297 g/mol. The van der Waals surface area contributed by atoms with Gasteiger partial charge in [-0.15, -0.1) is 0 Å². The highest BCUT2D eigenvalue weighted by Crippen LogP contribution is 2.41. The topological polar surface area (TPSA) is 75.6 Å². The number of aromatic carboxylic acids is 1. The van der Waals surface area contributed by atoms with Gasteiger partial charge in [0.25, 0.3) is 5.91 Å². The number of benzene rings is 2. The third-order valence-electron chi connectivity index (χ3n) is 3.81. The van der Waals surface area contributed by atoms with Crippen molar-refractivity contribution in [3.8, 4) is 5.75 Å². The quantitative estimate of drug-likeness (QED) is 0.911. The predicted molar refractivity (Wildman–Crippen MR) is 80.6 cm³/mol. The van der Waals surface area contributed by atoms with Gasteiger partial charge >= 0.3 is 5.97 Å². The minimum absolute atomic E-state index is 0.0705. The van der Waals surface area contributed by atoms with Crippen molar-refractivity contribution in [2.45, 2.75) is 5.92 Å². The first-order valence-corrected chi connectivity index (χ1v) is 6.93.